The van der Waals surface area contributed by atoms with Crippen LogP contribution in [0.25, 0.3) is 10.8 Å². The van der Waals surface area contributed by atoms with Gasteiger partial charge in [-0.05, 0) is 59.8 Å². The SMILES string of the molecule is Cc1ccc2cc(C([C@H]3CCCNC3)n3ncnn3)ccc2c1. The van der Waals surface area contributed by atoms with Crippen LogP contribution in [0.1, 0.15) is 30.0 Å². The number of rotatable bonds is 3. The fourth-order valence-electron chi connectivity index (χ4n) is 3.61. The molecule has 2 heterocycles. The van der Waals surface area contributed by atoms with E-state index in [-0.39, 0.29) is 6.04 Å². The number of tetrazole rings is 1. The number of benzene rings is 2. The molecule has 5 heteroatoms. The number of hydrogen-bond donors (Lipinski definition) is 1. The minimum absolute atomic E-state index is 0.135. The van der Waals surface area contributed by atoms with E-state index in [0.717, 1.165) is 13.1 Å². The highest BCUT2D eigenvalue weighted by Gasteiger charge is 2.28. The maximum Gasteiger partial charge on any atom is 0.162 e. The van der Waals surface area contributed by atoms with Gasteiger partial charge in [-0.25, -0.2) is 0 Å². The summed E-state index contributed by atoms with van der Waals surface area (Å²) in [4.78, 5) is 1.77. The van der Waals surface area contributed by atoms with Crippen molar-refractivity contribution < 1.29 is 0 Å². The summed E-state index contributed by atoms with van der Waals surface area (Å²) in [5.41, 5.74) is 2.55. The van der Waals surface area contributed by atoms with Crippen molar-refractivity contribution in [3.8, 4) is 0 Å². The molecular weight excluding hydrogens is 286 g/mol. The van der Waals surface area contributed by atoms with E-state index in [1.165, 1.54) is 41.1 Å². The van der Waals surface area contributed by atoms with Gasteiger partial charge in [0.25, 0.3) is 0 Å². The van der Waals surface area contributed by atoms with Crippen molar-refractivity contribution >= 4 is 10.8 Å². The normalized spacial score (nSPS) is 19.8. The van der Waals surface area contributed by atoms with Crippen molar-refractivity contribution in [3.63, 3.8) is 0 Å². The third-order valence-corrected chi connectivity index (χ3v) is 4.76. The first-order valence-electron chi connectivity index (χ1n) is 8.25. The predicted octanol–water partition coefficient (Wildman–Crippen LogP) is 2.72. The van der Waals surface area contributed by atoms with Gasteiger partial charge in [0, 0.05) is 6.54 Å². The summed E-state index contributed by atoms with van der Waals surface area (Å²) in [5, 5.41) is 18.5. The molecule has 0 saturated carbocycles. The average Bonchev–Trinajstić information content (AvgIpc) is 3.10. The first kappa shape index (κ1) is 14.3. The van der Waals surface area contributed by atoms with Crippen LogP contribution in [0.2, 0.25) is 0 Å². The molecule has 4 rings (SSSR count). The zero-order chi connectivity index (χ0) is 15.6. The van der Waals surface area contributed by atoms with Crippen LogP contribution in [0.3, 0.4) is 0 Å². The monoisotopic (exact) mass is 307 g/mol. The Morgan fingerprint density at radius 1 is 1.17 bits per heavy atom. The molecular formula is C18H21N5. The summed E-state index contributed by atoms with van der Waals surface area (Å²) >= 11 is 0. The fraction of sp³-hybridized carbons (Fsp3) is 0.389. The van der Waals surface area contributed by atoms with Crippen LogP contribution in [0.4, 0.5) is 0 Å². The van der Waals surface area contributed by atoms with Gasteiger partial charge >= 0.3 is 0 Å². The van der Waals surface area contributed by atoms with Gasteiger partial charge < -0.3 is 5.32 Å². The minimum Gasteiger partial charge on any atom is -0.316 e. The van der Waals surface area contributed by atoms with Crippen LogP contribution in [-0.2, 0) is 0 Å². The smallest absolute Gasteiger partial charge is 0.162 e. The standard InChI is InChI=1S/C18H21N5/c1-13-4-5-15-10-16(7-6-14(15)9-13)18(23-21-12-20-22-23)17-3-2-8-19-11-17/h4-7,9-10,12,17-19H,2-3,8,11H2,1H3/t17-,18?/m0/s1. The second kappa shape index (κ2) is 6.08. The molecule has 23 heavy (non-hydrogen) atoms. The fourth-order valence-corrected chi connectivity index (χ4v) is 3.61. The maximum atomic E-state index is 4.33. The Morgan fingerprint density at radius 3 is 2.83 bits per heavy atom. The van der Waals surface area contributed by atoms with Gasteiger partial charge in [0.15, 0.2) is 6.33 Å². The van der Waals surface area contributed by atoms with Gasteiger partial charge in [-0.2, -0.15) is 4.80 Å². The lowest BCUT2D eigenvalue weighted by atomic mass is 9.86. The highest BCUT2D eigenvalue weighted by Crippen LogP contribution is 2.31. The molecule has 0 amide bonds. The van der Waals surface area contributed by atoms with Crippen molar-refractivity contribution in [1.29, 1.82) is 0 Å². The average molecular weight is 307 g/mol. The quantitative estimate of drug-likeness (QED) is 0.808. The highest BCUT2D eigenvalue weighted by molar-refractivity contribution is 5.83. The number of aryl methyl sites for hydroxylation is 1. The van der Waals surface area contributed by atoms with E-state index in [4.69, 9.17) is 0 Å². The third-order valence-electron chi connectivity index (χ3n) is 4.76. The van der Waals surface area contributed by atoms with Crippen LogP contribution in [0, 0.1) is 12.8 Å². The molecule has 118 valence electrons. The molecule has 3 aromatic rings. The molecule has 1 fully saturated rings. The van der Waals surface area contributed by atoms with Crippen molar-refractivity contribution in [3.05, 3.63) is 53.9 Å². The maximum absolute atomic E-state index is 4.33. The van der Waals surface area contributed by atoms with Crippen LogP contribution in [0.15, 0.2) is 42.7 Å². The Bertz CT molecular complexity index is 790. The zero-order valence-corrected chi connectivity index (χ0v) is 13.3. The molecule has 1 aliphatic rings. The number of hydrogen-bond acceptors (Lipinski definition) is 4. The summed E-state index contributed by atoms with van der Waals surface area (Å²) in [6.45, 7) is 4.23. The van der Waals surface area contributed by atoms with E-state index in [1.54, 1.807) is 4.80 Å². The molecule has 1 aromatic heterocycles. The Labute approximate surface area is 135 Å². The molecule has 0 bridgehead atoms. The van der Waals surface area contributed by atoms with E-state index in [2.05, 4.69) is 64.0 Å². The van der Waals surface area contributed by atoms with Crippen molar-refractivity contribution in [2.75, 3.05) is 13.1 Å². The summed E-state index contributed by atoms with van der Waals surface area (Å²) in [6.07, 6.45) is 3.90. The van der Waals surface area contributed by atoms with Crippen LogP contribution >= 0.6 is 0 Å². The van der Waals surface area contributed by atoms with E-state index in [9.17, 15) is 0 Å². The molecule has 0 aliphatic carbocycles. The molecule has 1 aliphatic heterocycles. The van der Waals surface area contributed by atoms with E-state index < -0.39 is 0 Å². The Morgan fingerprint density at radius 2 is 2.04 bits per heavy atom. The van der Waals surface area contributed by atoms with Gasteiger partial charge in [0.05, 0.1) is 0 Å². The molecule has 1 saturated heterocycles. The topological polar surface area (TPSA) is 55.6 Å². The van der Waals surface area contributed by atoms with Crippen molar-refractivity contribution in [2.24, 2.45) is 5.92 Å². The van der Waals surface area contributed by atoms with Gasteiger partial charge in [0.1, 0.15) is 6.04 Å². The first-order chi connectivity index (χ1) is 11.3. The lowest BCUT2D eigenvalue weighted by molar-refractivity contribution is 0.261. The third kappa shape index (κ3) is 2.84. The second-order valence-electron chi connectivity index (χ2n) is 6.42. The number of aromatic nitrogens is 4. The van der Waals surface area contributed by atoms with Gasteiger partial charge in [-0.15, -0.1) is 10.2 Å². The Balaban J connectivity index is 1.77. The Kier molecular flexibility index (Phi) is 3.79. The summed E-state index contributed by atoms with van der Waals surface area (Å²) in [7, 11) is 0. The molecule has 5 nitrogen and oxygen atoms in total. The van der Waals surface area contributed by atoms with Crippen LogP contribution in [0.5, 0.6) is 0 Å². The predicted molar refractivity (Wildman–Crippen MR) is 90.2 cm³/mol. The van der Waals surface area contributed by atoms with E-state index in [1.807, 2.05) is 0 Å². The zero-order valence-electron chi connectivity index (χ0n) is 13.3. The molecule has 1 unspecified atom stereocenters. The molecule has 0 spiro atoms. The number of nitrogens with zero attached hydrogens (tertiary/aromatic N) is 4. The van der Waals surface area contributed by atoms with Crippen molar-refractivity contribution in [1.82, 2.24) is 25.5 Å². The molecule has 2 atom stereocenters. The van der Waals surface area contributed by atoms with E-state index >= 15 is 0 Å². The van der Waals surface area contributed by atoms with Crippen LogP contribution in [-0.4, -0.2) is 33.3 Å². The van der Waals surface area contributed by atoms with E-state index in [0.29, 0.717) is 5.92 Å². The first-order valence-corrected chi connectivity index (χ1v) is 8.25. The summed E-state index contributed by atoms with van der Waals surface area (Å²) in [6, 6.07) is 13.4. The number of nitrogens with one attached hydrogen (secondary N) is 1. The van der Waals surface area contributed by atoms with Crippen molar-refractivity contribution in [2.45, 2.75) is 25.8 Å². The summed E-state index contributed by atoms with van der Waals surface area (Å²) < 4.78 is 0. The van der Waals surface area contributed by atoms with Gasteiger partial charge in [-0.3, -0.25) is 0 Å². The molecule has 2 aromatic carbocycles. The van der Waals surface area contributed by atoms with Gasteiger partial charge in [0.2, 0.25) is 0 Å². The number of piperidine rings is 1. The second-order valence-corrected chi connectivity index (χ2v) is 6.42. The van der Waals surface area contributed by atoms with Crippen LogP contribution < -0.4 is 5.32 Å². The molecule has 0 radical (unpaired) electrons. The number of fused-ring (bicyclic) bond motifs is 1. The summed E-state index contributed by atoms with van der Waals surface area (Å²) in [5.74, 6) is 0.487. The molecule has 1 N–H and O–H groups in total. The lowest BCUT2D eigenvalue weighted by Gasteiger charge is -2.30. The Hall–Kier alpha value is -2.27. The lowest BCUT2D eigenvalue weighted by Crippen LogP contribution is -2.36. The highest BCUT2D eigenvalue weighted by atomic mass is 15.6. The minimum atomic E-state index is 0.135. The van der Waals surface area contributed by atoms with Gasteiger partial charge in [-0.1, -0.05) is 35.9 Å². The largest absolute Gasteiger partial charge is 0.316 e.